The lowest BCUT2D eigenvalue weighted by Gasteiger charge is -2.43. The van der Waals surface area contributed by atoms with E-state index in [1.165, 1.54) is 12.1 Å². The summed E-state index contributed by atoms with van der Waals surface area (Å²) < 4.78 is 21.7. The van der Waals surface area contributed by atoms with Crippen LogP contribution in [0.1, 0.15) is 37.8 Å². The molecule has 1 unspecified atom stereocenters. The fourth-order valence-electron chi connectivity index (χ4n) is 5.41. The zero-order chi connectivity index (χ0) is 28.8. The normalized spacial score (nSPS) is 20.9. The van der Waals surface area contributed by atoms with Gasteiger partial charge in [0.1, 0.15) is 12.5 Å². The molecule has 1 aromatic heterocycles. The van der Waals surface area contributed by atoms with E-state index in [4.69, 9.17) is 21.3 Å². The van der Waals surface area contributed by atoms with Crippen LogP contribution in [0.15, 0.2) is 72.0 Å². The largest absolute Gasteiger partial charge is 0.358 e. The Hall–Kier alpha value is -3.32. The van der Waals surface area contributed by atoms with Gasteiger partial charge in [-0.15, -0.1) is 0 Å². The first-order chi connectivity index (χ1) is 19.0. The lowest BCUT2D eigenvalue weighted by molar-refractivity contribution is -0.128. The molecule has 1 amide bonds. The highest BCUT2D eigenvalue weighted by atomic mass is 35.5. The highest BCUT2D eigenvalue weighted by Gasteiger charge is 2.50. The lowest BCUT2D eigenvalue weighted by atomic mass is 10.0. The van der Waals surface area contributed by atoms with Crippen LogP contribution in [0.2, 0.25) is 5.02 Å². The van der Waals surface area contributed by atoms with Crippen LogP contribution in [-0.2, 0) is 4.79 Å². The minimum absolute atomic E-state index is 0.0937. The lowest BCUT2D eigenvalue weighted by Crippen LogP contribution is -2.56. The Morgan fingerprint density at radius 1 is 1.18 bits per heavy atom. The van der Waals surface area contributed by atoms with Gasteiger partial charge >= 0.3 is 7.79 Å². The summed E-state index contributed by atoms with van der Waals surface area (Å²) >= 11 is 6.80. The van der Waals surface area contributed by atoms with Crippen molar-refractivity contribution in [2.75, 3.05) is 31.0 Å². The van der Waals surface area contributed by atoms with E-state index in [-0.39, 0.29) is 28.5 Å². The van der Waals surface area contributed by atoms with Gasteiger partial charge in [0.25, 0.3) is 0 Å². The first-order valence-electron chi connectivity index (χ1n) is 13.3. The average molecular weight is 581 g/mol. The van der Waals surface area contributed by atoms with Crippen LogP contribution < -0.4 is 4.67 Å². The summed E-state index contributed by atoms with van der Waals surface area (Å²) in [5, 5.41) is 0.279. The van der Waals surface area contributed by atoms with Crippen LogP contribution in [0, 0.1) is 5.82 Å². The Kier molecular flexibility index (Phi) is 7.71. The number of halogens is 2. The third-order valence-electron chi connectivity index (χ3n) is 7.36. The van der Waals surface area contributed by atoms with Gasteiger partial charge in [-0.2, -0.15) is 4.67 Å². The second kappa shape index (κ2) is 10.9. The van der Waals surface area contributed by atoms with E-state index in [2.05, 4.69) is 25.3 Å². The van der Waals surface area contributed by atoms with Crippen molar-refractivity contribution in [3.63, 3.8) is 0 Å². The Balaban J connectivity index is 1.72. The van der Waals surface area contributed by atoms with Gasteiger partial charge in [0.15, 0.2) is 11.7 Å². The molecule has 2 aliphatic heterocycles. The van der Waals surface area contributed by atoms with Crippen molar-refractivity contribution < 1.29 is 14.1 Å². The van der Waals surface area contributed by atoms with Crippen LogP contribution in [-0.4, -0.2) is 63.8 Å². The van der Waals surface area contributed by atoms with Crippen molar-refractivity contribution >= 4 is 42.6 Å². The van der Waals surface area contributed by atoms with Gasteiger partial charge in [-0.05, 0) is 48.7 Å². The number of piperazine rings is 1. The number of nitrogens with zero attached hydrogens (tertiary/aromatic N) is 5. The van der Waals surface area contributed by atoms with Gasteiger partial charge < -0.3 is 9.80 Å². The first-order valence-corrected chi connectivity index (χ1v) is 15.7. The topological polar surface area (TPSA) is 72.3 Å². The molecule has 1 N–H and O–H groups in total. The molecule has 1 fully saturated rings. The summed E-state index contributed by atoms with van der Waals surface area (Å²) in [6.45, 7) is 13.0. The molecule has 7 nitrogen and oxygen atoms in total. The molecule has 2 atom stereocenters. The van der Waals surface area contributed by atoms with Crippen LogP contribution in [0.4, 0.5) is 15.9 Å². The molecular formula is C30H33ClFN5O2P+. The quantitative estimate of drug-likeness (QED) is 0.276. The second-order valence-electron chi connectivity index (χ2n) is 10.5. The van der Waals surface area contributed by atoms with Crippen LogP contribution >= 0.6 is 19.4 Å². The van der Waals surface area contributed by atoms with E-state index in [0.29, 0.717) is 42.5 Å². The highest BCUT2D eigenvalue weighted by Crippen LogP contribution is 2.65. The molecule has 208 valence electrons. The predicted molar refractivity (Wildman–Crippen MR) is 162 cm³/mol. The summed E-state index contributed by atoms with van der Waals surface area (Å²) in [6, 6.07) is 15.9. The summed E-state index contributed by atoms with van der Waals surface area (Å²) in [5.41, 5.74) is 3.04. The minimum atomic E-state index is -3.21. The third kappa shape index (κ3) is 5.00. The maximum Gasteiger partial charge on any atom is 0.358 e. The average Bonchev–Trinajstić information content (AvgIpc) is 2.92. The molecule has 3 aromatic rings. The van der Waals surface area contributed by atoms with E-state index in [1.807, 2.05) is 35.9 Å². The molecule has 0 aliphatic carbocycles. The Morgan fingerprint density at radius 3 is 2.55 bits per heavy atom. The summed E-state index contributed by atoms with van der Waals surface area (Å²) in [7, 11) is -3.21. The number of amides is 1. The molecule has 2 aliphatic rings. The Bertz CT molecular complexity index is 1510. The first kappa shape index (κ1) is 28.2. The Labute approximate surface area is 240 Å². The molecule has 0 spiro atoms. The van der Waals surface area contributed by atoms with Gasteiger partial charge in [-0.3, -0.25) is 4.79 Å². The van der Waals surface area contributed by atoms with Crippen molar-refractivity contribution in [1.82, 2.24) is 14.8 Å². The molecule has 40 heavy (non-hydrogen) atoms. The number of carbonyl (C=O) groups excluding carboxylic acids is 1. The van der Waals surface area contributed by atoms with Crippen molar-refractivity contribution in [2.45, 2.75) is 32.7 Å². The molecule has 2 aromatic carbocycles. The number of rotatable bonds is 4. The summed E-state index contributed by atoms with van der Waals surface area (Å²) in [4.78, 5) is 33.2. The Morgan fingerprint density at radius 2 is 1.88 bits per heavy atom. The number of carbonyl (C=O) groups is 1. The zero-order valence-corrected chi connectivity index (χ0v) is 24.7. The van der Waals surface area contributed by atoms with E-state index >= 15 is 0 Å². The number of anilines is 2. The van der Waals surface area contributed by atoms with E-state index < -0.39 is 13.6 Å². The molecule has 1 saturated heterocycles. The summed E-state index contributed by atoms with van der Waals surface area (Å²) in [5.74, 6) is 0.649. The van der Waals surface area contributed by atoms with E-state index in [1.54, 1.807) is 35.8 Å². The van der Waals surface area contributed by atoms with Crippen molar-refractivity contribution in [1.29, 1.82) is 0 Å². The maximum atomic E-state index is 15.0. The number of benzene rings is 2. The SMILES string of the molecule is C=CC(=O)N1CCN(C2=N[P+](C)(O)N(c3ccccc3C(C)C)c3nc(-c4ccccc4F)c(Cl)cc32)[C@@H](C)C1. The number of pyridine rings is 1. The fourth-order valence-corrected chi connectivity index (χ4v) is 7.43. The molecule has 0 bridgehead atoms. The maximum absolute atomic E-state index is 15.0. The number of hydrogen-bond donors (Lipinski definition) is 1. The number of hydrogen-bond acceptors (Lipinski definition) is 6. The highest BCUT2D eigenvalue weighted by molar-refractivity contribution is 7.70. The predicted octanol–water partition coefficient (Wildman–Crippen LogP) is 6.67. The molecule has 10 heteroatoms. The van der Waals surface area contributed by atoms with Gasteiger partial charge in [-0.1, -0.05) is 67.1 Å². The monoisotopic (exact) mass is 580 g/mol. The number of fused-ring (bicyclic) bond motifs is 1. The van der Waals surface area contributed by atoms with Gasteiger partial charge in [-0.25, -0.2) is 14.3 Å². The standard InChI is InChI=1S/C30H33ClFN5O2P/c1-6-27(38)35-15-16-36(20(4)18-35)30-23-17-24(31)28(22-12-7-9-13-25(22)32)33-29(23)37(40(5,39)34-30)26-14-10-8-11-21(26)19(2)3/h6-14,17,19-20,39H,1,15-16,18H2,2-5H3/q+1/t20-,40?/m0/s1. The van der Waals surface area contributed by atoms with Crippen molar-refractivity contribution in [2.24, 2.45) is 4.76 Å². The van der Waals surface area contributed by atoms with E-state index in [9.17, 15) is 14.1 Å². The number of amidine groups is 1. The van der Waals surface area contributed by atoms with Crippen molar-refractivity contribution in [3.05, 3.63) is 89.2 Å². The number of para-hydroxylation sites is 1. The molecule has 3 heterocycles. The van der Waals surface area contributed by atoms with Crippen LogP contribution in [0.3, 0.4) is 0 Å². The minimum Gasteiger partial charge on any atom is -0.347 e. The van der Waals surface area contributed by atoms with Crippen LogP contribution in [0.5, 0.6) is 0 Å². The van der Waals surface area contributed by atoms with Crippen LogP contribution in [0.25, 0.3) is 11.3 Å². The number of aromatic nitrogens is 1. The molecule has 0 saturated carbocycles. The zero-order valence-electron chi connectivity index (χ0n) is 23.1. The molecule has 0 radical (unpaired) electrons. The third-order valence-corrected chi connectivity index (χ3v) is 9.38. The van der Waals surface area contributed by atoms with Crippen molar-refractivity contribution in [3.8, 4) is 11.3 Å². The second-order valence-corrected chi connectivity index (χ2v) is 13.3. The van der Waals surface area contributed by atoms with Gasteiger partial charge in [0.2, 0.25) is 5.91 Å². The van der Waals surface area contributed by atoms with E-state index in [0.717, 1.165) is 11.3 Å². The summed E-state index contributed by atoms with van der Waals surface area (Å²) in [6.07, 6.45) is 1.32. The molecular weight excluding hydrogens is 548 g/mol. The smallest absolute Gasteiger partial charge is 0.347 e. The van der Waals surface area contributed by atoms with Gasteiger partial charge in [0, 0.05) is 31.2 Å². The van der Waals surface area contributed by atoms with Gasteiger partial charge in [0.05, 0.1) is 22.0 Å². The fraction of sp³-hybridized carbons (Fsp3) is 0.300. The molecule has 5 rings (SSSR count).